The van der Waals surface area contributed by atoms with Crippen LogP contribution < -0.4 is 14.2 Å². The summed E-state index contributed by atoms with van der Waals surface area (Å²) >= 11 is 0. The van der Waals surface area contributed by atoms with Crippen molar-refractivity contribution in [2.45, 2.75) is 23.7 Å². The van der Waals surface area contributed by atoms with Crippen molar-refractivity contribution in [3.63, 3.8) is 0 Å². The number of sulfonamides is 1. The van der Waals surface area contributed by atoms with Gasteiger partial charge in [-0.05, 0) is 41.7 Å². The van der Waals surface area contributed by atoms with Crippen molar-refractivity contribution in [2.75, 3.05) is 32.9 Å². The molecule has 3 aliphatic heterocycles. The number of hydrogen-bond donors (Lipinski definition) is 0. The van der Waals surface area contributed by atoms with E-state index in [2.05, 4.69) is 12.1 Å². The van der Waals surface area contributed by atoms with Crippen molar-refractivity contribution >= 4 is 10.0 Å². The first-order chi connectivity index (χ1) is 13.1. The van der Waals surface area contributed by atoms with E-state index in [4.69, 9.17) is 14.2 Å². The molecule has 0 spiro atoms. The van der Waals surface area contributed by atoms with E-state index in [9.17, 15) is 8.42 Å². The van der Waals surface area contributed by atoms with Gasteiger partial charge in [0.15, 0.2) is 11.5 Å². The molecule has 27 heavy (non-hydrogen) atoms. The van der Waals surface area contributed by atoms with Gasteiger partial charge in [0.25, 0.3) is 0 Å². The van der Waals surface area contributed by atoms with Crippen LogP contribution in [0.5, 0.6) is 17.2 Å². The van der Waals surface area contributed by atoms with Crippen LogP contribution in [0.1, 0.15) is 23.5 Å². The Bertz CT molecular complexity index is 988. The van der Waals surface area contributed by atoms with Crippen LogP contribution in [0.2, 0.25) is 0 Å². The van der Waals surface area contributed by atoms with Crippen molar-refractivity contribution < 1.29 is 22.6 Å². The minimum absolute atomic E-state index is 0.211. The molecule has 0 radical (unpaired) electrons. The fourth-order valence-corrected chi connectivity index (χ4v) is 5.53. The Labute approximate surface area is 158 Å². The van der Waals surface area contributed by atoms with Crippen LogP contribution in [-0.4, -0.2) is 45.6 Å². The van der Waals surface area contributed by atoms with Gasteiger partial charge < -0.3 is 14.2 Å². The smallest absolute Gasteiger partial charge is 0.243 e. The molecule has 5 rings (SSSR count). The molecule has 1 saturated heterocycles. The predicted molar refractivity (Wildman–Crippen MR) is 99.2 cm³/mol. The molecule has 2 aromatic rings. The SMILES string of the molecule is O=S(=O)(c1ccc2c(c1)OCCO2)N1CC[C@H](c2ccc3c(c2)CCO3)C1. The molecular weight excluding hydrogens is 366 g/mol. The Balaban J connectivity index is 1.37. The molecule has 3 aliphatic rings. The molecule has 0 unspecified atom stereocenters. The van der Waals surface area contributed by atoms with Crippen LogP contribution in [-0.2, 0) is 16.4 Å². The second-order valence-corrected chi connectivity index (χ2v) is 9.06. The lowest BCUT2D eigenvalue weighted by Gasteiger charge is -2.21. The molecule has 3 heterocycles. The maximum absolute atomic E-state index is 13.1. The zero-order valence-electron chi connectivity index (χ0n) is 14.9. The minimum Gasteiger partial charge on any atom is -0.493 e. The molecule has 142 valence electrons. The second-order valence-electron chi connectivity index (χ2n) is 7.12. The van der Waals surface area contributed by atoms with Crippen molar-refractivity contribution in [1.29, 1.82) is 0 Å². The largest absolute Gasteiger partial charge is 0.493 e. The number of ether oxygens (including phenoxy) is 3. The summed E-state index contributed by atoms with van der Waals surface area (Å²) in [5.74, 6) is 2.26. The van der Waals surface area contributed by atoms with Crippen LogP contribution in [0.3, 0.4) is 0 Å². The number of hydrogen-bond acceptors (Lipinski definition) is 5. The van der Waals surface area contributed by atoms with Gasteiger partial charge in [-0.15, -0.1) is 0 Å². The maximum atomic E-state index is 13.1. The quantitative estimate of drug-likeness (QED) is 0.810. The van der Waals surface area contributed by atoms with Crippen LogP contribution in [0.15, 0.2) is 41.3 Å². The Morgan fingerprint density at radius 3 is 2.56 bits per heavy atom. The van der Waals surface area contributed by atoms with Crippen molar-refractivity contribution in [3.8, 4) is 17.2 Å². The minimum atomic E-state index is -3.55. The van der Waals surface area contributed by atoms with Gasteiger partial charge in [-0.2, -0.15) is 4.31 Å². The van der Waals surface area contributed by atoms with Crippen molar-refractivity contribution in [3.05, 3.63) is 47.5 Å². The zero-order chi connectivity index (χ0) is 18.4. The third kappa shape index (κ3) is 2.95. The van der Waals surface area contributed by atoms with Gasteiger partial charge in [-0.1, -0.05) is 12.1 Å². The normalized spacial score (nSPS) is 21.7. The lowest BCUT2D eigenvalue weighted by Crippen LogP contribution is -2.29. The molecular formula is C20H21NO5S. The summed E-state index contributed by atoms with van der Waals surface area (Å²) in [4.78, 5) is 0.259. The molecule has 7 heteroatoms. The summed E-state index contributed by atoms with van der Waals surface area (Å²) in [5.41, 5.74) is 2.42. The van der Waals surface area contributed by atoms with Gasteiger partial charge in [0, 0.05) is 25.6 Å². The summed E-state index contributed by atoms with van der Waals surface area (Å²) in [5, 5.41) is 0. The van der Waals surface area contributed by atoms with Crippen molar-refractivity contribution in [2.24, 2.45) is 0 Å². The van der Waals surface area contributed by atoms with E-state index in [1.54, 1.807) is 22.5 Å². The summed E-state index contributed by atoms with van der Waals surface area (Å²) < 4.78 is 44.3. The monoisotopic (exact) mass is 387 g/mol. The van der Waals surface area contributed by atoms with E-state index in [1.165, 1.54) is 11.1 Å². The van der Waals surface area contributed by atoms with Crippen LogP contribution in [0.25, 0.3) is 0 Å². The fourth-order valence-electron chi connectivity index (χ4n) is 4.01. The molecule has 0 amide bonds. The molecule has 0 saturated carbocycles. The van der Waals surface area contributed by atoms with E-state index in [0.29, 0.717) is 37.8 Å². The summed E-state index contributed by atoms with van der Waals surface area (Å²) in [7, 11) is -3.55. The third-order valence-electron chi connectivity index (χ3n) is 5.49. The van der Waals surface area contributed by atoms with Gasteiger partial charge in [0.05, 0.1) is 11.5 Å². The molecule has 0 bridgehead atoms. The first kappa shape index (κ1) is 16.9. The lowest BCUT2D eigenvalue weighted by atomic mass is 9.96. The zero-order valence-corrected chi connectivity index (χ0v) is 15.7. The average Bonchev–Trinajstić information content (AvgIpc) is 3.36. The molecule has 6 nitrogen and oxygen atoms in total. The molecule has 0 N–H and O–H groups in total. The van der Waals surface area contributed by atoms with E-state index in [1.807, 2.05) is 6.07 Å². The number of benzene rings is 2. The van der Waals surface area contributed by atoms with E-state index >= 15 is 0 Å². The highest BCUT2D eigenvalue weighted by Crippen LogP contribution is 2.37. The van der Waals surface area contributed by atoms with E-state index in [0.717, 1.165) is 25.2 Å². The van der Waals surface area contributed by atoms with Crippen molar-refractivity contribution in [1.82, 2.24) is 4.31 Å². The topological polar surface area (TPSA) is 65.1 Å². The van der Waals surface area contributed by atoms with Gasteiger partial charge in [-0.3, -0.25) is 0 Å². The highest BCUT2D eigenvalue weighted by molar-refractivity contribution is 7.89. The fraction of sp³-hybridized carbons (Fsp3) is 0.400. The van der Waals surface area contributed by atoms with Crippen LogP contribution in [0, 0.1) is 0 Å². The molecule has 0 aromatic heterocycles. The number of fused-ring (bicyclic) bond motifs is 2. The predicted octanol–water partition coefficient (Wildman–Crippen LogP) is 2.57. The molecule has 0 aliphatic carbocycles. The Morgan fingerprint density at radius 1 is 0.889 bits per heavy atom. The van der Waals surface area contributed by atoms with Gasteiger partial charge >= 0.3 is 0 Å². The summed E-state index contributed by atoms with van der Waals surface area (Å²) in [6.07, 6.45) is 1.75. The number of rotatable bonds is 3. The molecule has 1 atom stereocenters. The van der Waals surface area contributed by atoms with Gasteiger partial charge in [-0.25, -0.2) is 8.42 Å². The Morgan fingerprint density at radius 2 is 1.67 bits per heavy atom. The maximum Gasteiger partial charge on any atom is 0.243 e. The number of nitrogens with zero attached hydrogens (tertiary/aromatic N) is 1. The van der Waals surface area contributed by atoms with Gasteiger partial charge in [0.1, 0.15) is 19.0 Å². The lowest BCUT2D eigenvalue weighted by molar-refractivity contribution is 0.171. The Hall–Kier alpha value is -2.25. The second kappa shape index (κ2) is 6.42. The molecule has 2 aromatic carbocycles. The third-order valence-corrected chi connectivity index (χ3v) is 7.35. The van der Waals surface area contributed by atoms with E-state index < -0.39 is 10.0 Å². The van der Waals surface area contributed by atoms with E-state index in [-0.39, 0.29) is 10.8 Å². The van der Waals surface area contributed by atoms with Crippen LogP contribution >= 0.6 is 0 Å². The first-order valence-corrected chi connectivity index (χ1v) is 10.7. The van der Waals surface area contributed by atoms with Gasteiger partial charge in [0.2, 0.25) is 10.0 Å². The highest BCUT2D eigenvalue weighted by Gasteiger charge is 2.34. The van der Waals surface area contributed by atoms with Crippen LogP contribution in [0.4, 0.5) is 0 Å². The Kier molecular flexibility index (Phi) is 4.02. The standard InChI is InChI=1S/C20H21NO5S/c22-27(23,17-2-4-19-20(12-17)26-10-9-25-19)21-7-5-16(13-21)14-1-3-18-15(11-14)6-8-24-18/h1-4,11-12,16H,5-10,13H2/t16-/m0/s1. The summed E-state index contributed by atoms with van der Waals surface area (Å²) in [6, 6.07) is 11.1. The highest BCUT2D eigenvalue weighted by atomic mass is 32.2. The first-order valence-electron chi connectivity index (χ1n) is 9.27. The molecule has 1 fully saturated rings. The summed E-state index contributed by atoms with van der Waals surface area (Å²) in [6.45, 7) is 2.67. The average molecular weight is 387 g/mol.